The van der Waals surface area contributed by atoms with Crippen LogP contribution in [0.1, 0.15) is 17.4 Å². The van der Waals surface area contributed by atoms with Gasteiger partial charge in [-0.05, 0) is 12.5 Å². The van der Waals surface area contributed by atoms with Gasteiger partial charge in [0.1, 0.15) is 17.7 Å². The number of hydrogen-bond donors (Lipinski definition) is 1. The first-order chi connectivity index (χ1) is 13.0. The van der Waals surface area contributed by atoms with E-state index in [9.17, 15) is 4.79 Å². The van der Waals surface area contributed by atoms with E-state index in [1.807, 2.05) is 49.2 Å². The fourth-order valence-corrected chi connectivity index (χ4v) is 3.49. The Hall–Kier alpha value is -2.42. The number of aryl methyl sites for hydroxylation is 2. The highest BCUT2D eigenvalue weighted by molar-refractivity contribution is 5.87. The van der Waals surface area contributed by atoms with Gasteiger partial charge < -0.3 is 15.5 Å². The van der Waals surface area contributed by atoms with Gasteiger partial charge in [-0.15, -0.1) is 24.8 Å². The van der Waals surface area contributed by atoms with Crippen LogP contribution in [0.15, 0.2) is 36.5 Å². The number of amides is 1. The fourth-order valence-electron chi connectivity index (χ4n) is 3.49. The van der Waals surface area contributed by atoms with Crippen molar-refractivity contribution in [1.29, 1.82) is 0 Å². The van der Waals surface area contributed by atoms with Crippen LogP contribution in [0.4, 0.5) is 5.82 Å². The Morgan fingerprint density at radius 1 is 1.07 bits per heavy atom. The van der Waals surface area contributed by atoms with E-state index in [0.29, 0.717) is 32.0 Å². The number of aromatic nitrogens is 4. The molecule has 2 N–H and O–H groups in total. The summed E-state index contributed by atoms with van der Waals surface area (Å²) in [5.74, 6) is 1.56. The summed E-state index contributed by atoms with van der Waals surface area (Å²) in [5, 5.41) is 5.23. The highest BCUT2D eigenvalue weighted by atomic mass is 35.5. The van der Waals surface area contributed by atoms with Crippen molar-refractivity contribution >= 4 is 47.6 Å². The van der Waals surface area contributed by atoms with E-state index in [-0.39, 0.29) is 30.7 Å². The van der Waals surface area contributed by atoms with Gasteiger partial charge in [-0.2, -0.15) is 5.10 Å². The van der Waals surface area contributed by atoms with Crippen LogP contribution in [0.3, 0.4) is 0 Å². The number of rotatable bonds is 3. The molecular weight excluding hydrogens is 413 g/mol. The smallest absolute Gasteiger partial charge is 0.244 e. The molecule has 29 heavy (non-hydrogen) atoms. The fraction of sp³-hybridized carbons (Fsp3) is 0.368. The molecule has 0 bridgehead atoms. The number of piperazine rings is 1. The van der Waals surface area contributed by atoms with Gasteiger partial charge in [-0.1, -0.05) is 30.3 Å². The standard InChI is InChI=1S/C19H23N7O.2ClH/c1-13-22-17-15(12-21-24(17)2)18(23-13)25-8-10-26(11-9-25)19(27)16(20)14-6-4-3-5-7-14;;/h3-7,12,16H,8-11,20H2,1-2H3;2*1H. The zero-order chi connectivity index (χ0) is 19.0. The molecule has 1 atom stereocenters. The van der Waals surface area contributed by atoms with E-state index in [0.717, 1.165) is 22.4 Å². The number of benzene rings is 1. The molecule has 156 valence electrons. The molecule has 3 aromatic rings. The Balaban J connectivity index is 0.00000150. The molecule has 8 nitrogen and oxygen atoms in total. The van der Waals surface area contributed by atoms with E-state index in [1.54, 1.807) is 10.9 Å². The topological polar surface area (TPSA) is 93.2 Å². The van der Waals surface area contributed by atoms with Crippen LogP contribution in [0, 0.1) is 6.92 Å². The summed E-state index contributed by atoms with van der Waals surface area (Å²) in [5.41, 5.74) is 7.84. The lowest BCUT2D eigenvalue weighted by Crippen LogP contribution is -2.51. The lowest BCUT2D eigenvalue weighted by Gasteiger charge is -2.36. The van der Waals surface area contributed by atoms with Gasteiger partial charge in [-0.3, -0.25) is 9.48 Å². The lowest BCUT2D eigenvalue weighted by molar-refractivity contribution is -0.133. The van der Waals surface area contributed by atoms with Crippen molar-refractivity contribution in [2.75, 3.05) is 31.1 Å². The van der Waals surface area contributed by atoms with Crippen molar-refractivity contribution in [3.05, 3.63) is 47.9 Å². The quantitative estimate of drug-likeness (QED) is 0.671. The van der Waals surface area contributed by atoms with Gasteiger partial charge in [0.15, 0.2) is 5.65 Å². The number of nitrogens with zero attached hydrogens (tertiary/aromatic N) is 6. The molecule has 1 amide bonds. The molecule has 1 fully saturated rings. The van der Waals surface area contributed by atoms with Crippen LogP contribution in [0.5, 0.6) is 0 Å². The average molecular weight is 438 g/mol. The molecule has 1 saturated heterocycles. The van der Waals surface area contributed by atoms with Crippen LogP contribution in [-0.4, -0.2) is 56.7 Å². The Kier molecular flexibility index (Phi) is 7.40. The molecule has 1 aromatic carbocycles. The van der Waals surface area contributed by atoms with Crippen LogP contribution in [-0.2, 0) is 11.8 Å². The van der Waals surface area contributed by atoms with E-state index >= 15 is 0 Å². The van der Waals surface area contributed by atoms with E-state index in [4.69, 9.17) is 5.73 Å². The molecule has 0 saturated carbocycles. The zero-order valence-electron chi connectivity index (χ0n) is 16.4. The SMILES string of the molecule is Cc1nc(N2CCN(C(=O)C(N)c3ccccc3)CC2)c2cnn(C)c2n1.Cl.Cl. The molecule has 10 heteroatoms. The highest BCUT2D eigenvalue weighted by Crippen LogP contribution is 2.25. The second-order valence-electron chi connectivity index (χ2n) is 6.80. The second kappa shape index (κ2) is 9.39. The first-order valence-corrected chi connectivity index (χ1v) is 9.05. The first kappa shape index (κ1) is 22.9. The van der Waals surface area contributed by atoms with Gasteiger partial charge in [0.05, 0.1) is 11.6 Å². The van der Waals surface area contributed by atoms with Crippen LogP contribution < -0.4 is 10.6 Å². The monoisotopic (exact) mass is 437 g/mol. The molecule has 0 aliphatic carbocycles. The summed E-state index contributed by atoms with van der Waals surface area (Å²) >= 11 is 0. The third-order valence-corrected chi connectivity index (χ3v) is 5.00. The average Bonchev–Trinajstić information content (AvgIpc) is 3.08. The van der Waals surface area contributed by atoms with Crippen molar-refractivity contribution in [2.24, 2.45) is 12.8 Å². The molecule has 2 aromatic heterocycles. The predicted molar refractivity (Wildman–Crippen MR) is 118 cm³/mol. The number of carbonyl (C=O) groups excluding carboxylic acids is 1. The summed E-state index contributed by atoms with van der Waals surface area (Å²) in [4.78, 5) is 25.9. The summed E-state index contributed by atoms with van der Waals surface area (Å²) in [7, 11) is 1.88. The maximum absolute atomic E-state index is 12.8. The zero-order valence-corrected chi connectivity index (χ0v) is 18.0. The number of anilines is 1. The minimum atomic E-state index is -0.621. The van der Waals surface area contributed by atoms with Crippen molar-refractivity contribution in [1.82, 2.24) is 24.6 Å². The predicted octanol–water partition coefficient (Wildman–Crippen LogP) is 1.86. The summed E-state index contributed by atoms with van der Waals surface area (Å²) in [6.45, 7) is 4.52. The normalized spacial score (nSPS) is 14.9. The van der Waals surface area contributed by atoms with Gasteiger partial charge >= 0.3 is 0 Å². The molecule has 0 spiro atoms. The van der Waals surface area contributed by atoms with E-state index < -0.39 is 6.04 Å². The second-order valence-corrected chi connectivity index (χ2v) is 6.80. The summed E-state index contributed by atoms with van der Waals surface area (Å²) in [6, 6.07) is 8.88. The number of halogens is 2. The Morgan fingerprint density at radius 2 is 1.72 bits per heavy atom. The molecule has 1 aliphatic heterocycles. The maximum atomic E-state index is 12.8. The summed E-state index contributed by atoms with van der Waals surface area (Å²) in [6.07, 6.45) is 1.80. The van der Waals surface area contributed by atoms with Gasteiger partial charge in [-0.25, -0.2) is 9.97 Å². The molecule has 4 rings (SSSR count). The van der Waals surface area contributed by atoms with Crippen molar-refractivity contribution in [2.45, 2.75) is 13.0 Å². The van der Waals surface area contributed by atoms with E-state index in [2.05, 4.69) is 20.0 Å². The lowest BCUT2D eigenvalue weighted by atomic mass is 10.1. The number of carbonyl (C=O) groups is 1. The summed E-state index contributed by atoms with van der Waals surface area (Å²) < 4.78 is 1.76. The molecule has 0 radical (unpaired) electrons. The van der Waals surface area contributed by atoms with Crippen molar-refractivity contribution in [3.8, 4) is 0 Å². The minimum Gasteiger partial charge on any atom is -0.352 e. The van der Waals surface area contributed by atoms with Crippen LogP contribution in [0.25, 0.3) is 11.0 Å². The highest BCUT2D eigenvalue weighted by Gasteiger charge is 2.27. The van der Waals surface area contributed by atoms with Crippen LogP contribution in [0.2, 0.25) is 0 Å². The van der Waals surface area contributed by atoms with E-state index in [1.165, 1.54) is 0 Å². The molecule has 1 aliphatic rings. The number of fused-ring (bicyclic) bond motifs is 1. The first-order valence-electron chi connectivity index (χ1n) is 9.05. The number of hydrogen-bond acceptors (Lipinski definition) is 6. The minimum absolute atomic E-state index is 0. The Bertz CT molecular complexity index is 971. The molecule has 3 heterocycles. The number of nitrogens with two attached hydrogens (primary N) is 1. The molecular formula is C19H25Cl2N7O. The third-order valence-electron chi connectivity index (χ3n) is 5.00. The maximum Gasteiger partial charge on any atom is 0.244 e. The largest absolute Gasteiger partial charge is 0.352 e. The molecule has 1 unspecified atom stereocenters. The Labute approximate surface area is 181 Å². The van der Waals surface area contributed by atoms with Gasteiger partial charge in [0.25, 0.3) is 0 Å². The van der Waals surface area contributed by atoms with Crippen LogP contribution >= 0.6 is 24.8 Å². The van der Waals surface area contributed by atoms with Gasteiger partial charge in [0, 0.05) is 33.2 Å². The van der Waals surface area contributed by atoms with Crippen molar-refractivity contribution in [3.63, 3.8) is 0 Å². The van der Waals surface area contributed by atoms with Crippen molar-refractivity contribution < 1.29 is 4.79 Å². The Morgan fingerprint density at radius 3 is 2.38 bits per heavy atom. The van der Waals surface area contributed by atoms with Gasteiger partial charge in [0.2, 0.25) is 5.91 Å². The third kappa shape index (κ3) is 4.44.